The number of nitrogens with zero attached hydrogens (tertiary/aromatic N) is 1. The molecule has 0 radical (unpaired) electrons. The number of carbonyl (C=O) groups excluding carboxylic acids is 1. The van der Waals surface area contributed by atoms with Gasteiger partial charge in [0.2, 0.25) is 5.91 Å². The molecule has 0 aliphatic rings. The SMILES string of the molecule is CCCC(=O)Nc1ccc(Nc2ccccc2OCC)nc1. The van der Waals surface area contributed by atoms with Crippen LogP contribution in [0.3, 0.4) is 0 Å². The number of pyridine rings is 1. The Morgan fingerprint density at radius 2 is 2.00 bits per heavy atom. The van der Waals surface area contributed by atoms with Crippen LogP contribution in [0.2, 0.25) is 0 Å². The first-order chi connectivity index (χ1) is 10.7. The van der Waals surface area contributed by atoms with Crippen LogP contribution in [0.15, 0.2) is 42.6 Å². The Morgan fingerprint density at radius 1 is 1.18 bits per heavy atom. The lowest BCUT2D eigenvalue weighted by Crippen LogP contribution is -2.10. The molecule has 116 valence electrons. The zero-order chi connectivity index (χ0) is 15.8. The van der Waals surface area contributed by atoms with Crippen LogP contribution in [0.4, 0.5) is 17.2 Å². The van der Waals surface area contributed by atoms with Crippen molar-refractivity contribution in [3.05, 3.63) is 42.6 Å². The van der Waals surface area contributed by atoms with Crippen LogP contribution in [-0.4, -0.2) is 17.5 Å². The molecule has 1 aromatic carbocycles. The van der Waals surface area contributed by atoms with Crippen molar-refractivity contribution in [3.63, 3.8) is 0 Å². The van der Waals surface area contributed by atoms with Crippen LogP contribution >= 0.6 is 0 Å². The summed E-state index contributed by atoms with van der Waals surface area (Å²) in [6, 6.07) is 11.4. The molecule has 0 aliphatic carbocycles. The van der Waals surface area contributed by atoms with E-state index in [-0.39, 0.29) is 5.91 Å². The lowest BCUT2D eigenvalue weighted by molar-refractivity contribution is -0.116. The van der Waals surface area contributed by atoms with E-state index in [1.54, 1.807) is 6.20 Å². The van der Waals surface area contributed by atoms with Crippen molar-refractivity contribution >= 4 is 23.1 Å². The lowest BCUT2D eigenvalue weighted by atomic mass is 10.3. The Morgan fingerprint density at radius 3 is 2.68 bits per heavy atom. The minimum Gasteiger partial charge on any atom is -0.492 e. The van der Waals surface area contributed by atoms with Crippen molar-refractivity contribution in [2.24, 2.45) is 0 Å². The number of hydrogen-bond acceptors (Lipinski definition) is 4. The van der Waals surface area contributed by atoms with Crippen LogP contribution in [0.5, 0.6) is 5.75 Å². The number of ether oxygens (including phenoxy) is 1. The highest BCUT2D eigenvalue weighted by molar-refractivity contribution is 5.90. The third kappa shape index (κ3) is 4.48. The van der Waals surface area contributed by atoms with E-state index < -0.39 is 0 Å². The van der Waals surface area contributed by atoms with Crippen molar-refractivity contribution in [1.82, 2.24) is 4.98 Å². The maximum atomic E-state index is 11.5. The topological polar surface area (TPSA) is 63.2 Å². The van der Waals surface area contributed by atoms with Gasteiger partial charge in [0.1, 0.15) is 11.6 Å². The molecule has 0 atom stereocenters. The number of rotatable bonds is 7. The smallest absolute Gasteiger partial charge is 0.224 e. The third-order valence-corrected chi connectivity index (χ3v) is 2.97. The molecule has 5 heteroatoms. The summed E-state index contributed by atoms with van der Waals surface area (Å²) in [5.41, 5.74) is 1.56. The van der Waals surface area contributed by atoms with Gasteiger partial charge in [-0.3, -0.25) is 4.79 Å². The standard InChI is InChI=1S/C17H21N3O2/c1-3-7-17(21)19-13-10-11-16(18-12-13)20-14-8-5-6-9-15(14)22-4-2/h5-6,8-12H,3-4,7H2,1-2H3,(H,18,20)(H,19,21). The van der Waals surface area contributed by atoms with Gasteiger partial charge in [-0.2, -0.15) is 0 Å². The monoisotopic (exact) mass is 299 g/mol. The van der Waals surface area contributed by atoms with Gasteiger partial charge in [0, 0.05) is 6.42 Å². The van der Waals surface area contributed by atoms with Crippen LogP contribution in [0.1, 0.15) is 26.7 Å². The molecule has 5 nitrogen and oxygen atoms in total. The summed E-state index contributed by atoms with van der Waals surface area (Å²) < 4.78 is 5.57. The highest BCUT2D eigenvalue weighted by Crippen LogP contribution is 2.26. The summed E-state index contributed by atoms with van der Waals surface area (Å²) in [5.74, 6) is 1.49. The second kappa shape index (κ2) is 8.02. The van der Waals surface area contributed by atoms with Crippen molar-refractivity contribution < 1.29 is 9.53 Å². The number of aromatic nitrogens is 1. The van der Waals surface area contributed by atoms with Gasteiger partial charge in [-0.25, -0.2) is 4.98 Å². The number of hydrogen-bond donors (Lipinski definition) is 2. The van der Waals surface area contributed by atoms with E-state index in [2.05, 4.69) is 15.6 Å². The van der Waals surface area contributed by atoms with Gasteiger partial charge in [-0.15, -0.1) is 0 Å². The molecule has 0 unspecified atom stereocenters. The number of nitrogens with one attached hydrogen (secondary N) is 2. The van der Waals surface area contributed by atoms with Crippen molar-refractivity contribution in [2.45, 2.75) is 26.7 Å². The average molecular weight is 299 g/mol. The molecule has 0 spiro atoms. The lowest BCUT2D eigenvalue weighted by Gasteiger charge is -2.12. The molecule has 2 rings (SSSR count). The minimum atomic E-state index is 0.00620. The first-order valence-electron chi connectivity index (χ1n) is 7.47. The zero-order valence-corrected chi connectivity index (χ0v) is 12.9. The fourth-order valence-corrected chi connectivity index (χ4v) is 1.98. The Bertz CT molecular complexity index is 612. The number of benzene rings is 1. The quantitative estimate of drug-likeness (QED) is 0.812. The fourth-order valence-electron chi connectivity index (χ4n) is 1.98. The number of carbonyl (C=O) groups is 1. The molecule has 0 aliphatic heterocycles. The summed E-state index contributed by atoms with van der Waals surface area (Å²) in [7, 11) is 0. The van der Waals surface area contributed by atoms with Gasteiger partial charge in [-0.1, -0.05) is 19.1 Å². The molecule has 22 heavy (non-hydrogen) atoms. The van der Waals surface area contributed by atoms with Crippen LogP contribution < -0.4 is 15.4 Å². The van der Waals surface area contributed by atoms with Gasteiger partial charge >= 0.3 is 0 Å². The summed E-state index contributed by atoms with van der Waals surface area (Å²) in [4.78, 5) is 15.8. The van der Waals surface area contributed by atoms with Gasteiger partial charge in [0.25, 0.3) is 0 Å². The van der Waals surface area contributed by atoms with Crippen LogP contribution in [0.25, 0.3) is 0 Å². The molecule has 0 saturated heterocycles. The average Bonchev–Trinajstić information content (AvgIpc) is 2.52. The van der Waals surface area contributed by atoms with Gasteiger partial charge in [0.15, 0.2) is 0 Å². The molecular formula is C17H21N3O2. The van der Waals surface area contributed by atoms with Gasteiger partial charge in [-0.05, 0) is 37.6 Å². The maximum absolute atomic E-state index is 11.5. The summed E-state index contributed by atoms with van der Waals surface area (Å²) in [5, 5.41) is 6.03. The molecule has 0 saturated carbocycles. The van der Waals surface area contributed by atoms with Gasteiger partial charge in [0.05, 0.1) is 24.2 Å². The predicted octanol–water partition coefficient (Wildman–Crippen LogP) is 3.96. The highest BCUT2D eigenvalue weighted by atomic mass is 16.5. The number of anilines is 3. The predicted molar refractivity (Wildman–Crippen MR) is 88.7 cm³/mol. The van der Waals surface area contributed by atoms with E-state index in [0.29, 0.717) is 24.5 Å². The third-order valence-electron chi connectivity index (χ3n) is 2.97. The van der Waals surface area contributed by atoms with Crippen LogP contribution in [0, 0.1) is 0 Å². The Hall–Kier alpha value is -2.56. The summed E-state index contributed by atoms with van der Waals surface area (Å²) >= 11 is 0. The second-order valence-corrected chi connectivity index (χ2v) is 4.78. The second-order valence-electron chi connectivity index (χ2n) is 4.78. The van der Waals surface area contributed by atoms with Crippen molar-refractivity contribution in [3.8, 4) is 5.75 Å². The van der Waals surface area contributed by atoms with E-state index in [1.807, 2.05) is 50.2 Å². The first-order valence-corrected chi connectivity index (χ1v) is 7.47. The Balaban J connectivity index is 2.04. The zero-order valence-electron chi connectivity index (χ0n) is 12.9. The van der Waals surface area contributed by atoms with E-state index >= 15 is 0 Å². The maximum Gasteiger partial charge on any atom is 0.224 e. The van der Waals surface area contributed by atoms with Crippen LogP contribution in [-0.2, 0) is 4.79 Å². The molecule has 0 bridgehead atoms. The first kappa shape index (κ1) is 15.8. The van der Waals surface area contributed by atoms with E-state index in [9.17, 15) is 4.79 Å². The van der Waals surface area contributed by atoms with Crippen molar-refractivity contribution in [1.29, 1.82) is 0 Å². The summed E-state index contributed by atoms with van der Waals surface area (Å²) in [6.45, 7) is 4.53. The van der Waals surface area contributed by atoms with E-state index in [0.717, 1.165) is 17.9 Å². The minimum absolute atomic E-state index is 0.00620. The Kier molecular flexibility index (Phi) is 5.77. The molecule has 1 heterocycles. The van der Waals surface area contributed by atoms with E-state index in [4.69, 9.17) is 4.74 Å². The number of para-hydroxylation sites is 2. The molecule has 2 N–H and O–H groups in total. The molecule has 1 amide bonds. The molecule has 2 aromatic rings. The number of amides is 1. The highest BCUT2D eigenvalue weighted by Gasteiger charge is 2.05. The Labute approximate surface area is 130 Å². The molecular weight excluding hydrogens is 278 g/mol. The van der Waals surface area contributed by atoms with E-state index in [1.165, 1.54) is 0 Å². The van der Waals surface area contributed by atoms with Crippen molar-refractivity contribution in [2.75, 3.05) is 17.2 Å². The normalized spacial score (nSPS) is 10.1. The van der Waals surface area contributed by atoms with Gasteiger partial charge < -0.3 is 15.4 Å². The molecule has 1 aromatic heterocycles. The largest absolute Gasteiger partial charge is 0.492 e. The summed E-state index contributed by atoms with van der Waals surface area (Å²) in [6.07, 6.45) is 2.98. The molecule has 0 fully saturated rings. The fraction of sp³-hybridized carbons (Fsp3) is 0.294.